The quantitative estimate of drug-likeness (QED) is 0.207. The summed E-state index contributed by atoms with van der Waals surface area (Å²) < 4.78 is 4.35. The number of rotatable bonds is 2. The predicted octanol–water partition coefficient (Wildman–Crippen LogP) is 0.134. The Kier molecular flexibility index (Phi) is 9.07. The molecule has 0 bridgehead atoms. The van der Waals surface area contributed by atoms with Gasteiger partial charge in [-0.1, -0.05) is 0 Å². The van der Waals surface area contributed by atoms with Crippen LogP contribution in [0, 0.1) is 11.3 Å². The number of aliphatic hydroxyl groups excluding tert-OH is 1. The summed E-state index contributed by atoms with van der Waals surface area (Å²) in [6, 6.07) is 1.49. The van der Waals surface area contributed by atoms with Crippen molar-refractivity contribution in [2.45, 2.75) is 6.92 Å². The number of carbonyl (C=O) groups excluding carboxylic acids is 1. The summed E-state index contributed by atoms with van der Waals surface area (Å²) in [6.45, 7) is 1.79. The third-order valence-corrected chi connectivity index (χ3v) is 0.686. The first kappa shape index (κ1) is 13.1. The molecule has 5 heteroatoms. The van der Waals surface area contributed by atoms with Gasteiger partial charge in [0.25, 0.3) is 0 Å². The molecule has 55 valence electrons. The van der Waals surface area contributed by atoms with Crippen molar-refractivity contribution in [3.63, 3.8) is 0 Å². The molecule has 1 radical (unpaired) electrons. The zero-order valence-corrected chi connectivity index (χ0v) is 8.50. The van der Waals surface area contributed by atoms with E-state index in [-0.39, 0.29) is 36.2 Å². The number of ether oxygens (including phenoxy) is 1. The van der Waals surface area contributed by atoms with E-state index in [0.29, 0.717) is 0 Å². The Labute approximate surface area is 86.7 Å². The molecule has 0 unspecified atom stereocenters. The van der Waals surface area contributed by atoms with Gasteiger partial charge in [0.1, 0.15) is 0 Å². The largest absolute Gasteiger partial charge is 0.501 e. The molecule has 0 heterocycles. The van der Waals surface area contributed by atoms with Crippen molar-refractivity contribution in [1.82, 2.24) is 0 Å². The zero-order valence-electron chi connectivity index (χ0n) is 6.50. The molecule has 0 aromatic heterocycles. The fraction of sp³-hybridized carbons (Fsp3) is 0.333. The van der Waals surface area contributed by atoms with Crippen molar-refractivity contribution in [2.24, 2.45) is 0 Å². The minimum absolute atomic E-state index is 0. The second-order valence-corrected chi connectivity index (χ2v) is 1.38. The van der Waals surface area contributed by atoms with Crippen molar-refractivity contribution in [2.75, 3.05) is 6.61 Å². The summed E-state index contributed by atoms with van der Waals surface area (Å²) in [7, 11) is 0. The van der Waals surface area contributed by atoms with E-state index in [1.54, 1.807) is 6.92 Å². The van der Waals surface area contributed by atoms with Crippen LogP contribution in [0.2, 0.25) is 0 Å². The Bertz CT molecular complexity index is 194. The number of carbonyl (C=O) groups is 1. The molecule has 0 amide bonds. The second kappa shape index (κ2) is 7.61. The van der Waals surface area contributed by atoms with Gasteiger partial charge in [0.15, 0.2) is 0 Å². The Morgan fingerprint density at radius 1 is 1.82 bits per heavy atom. The van der Waals surface area contributed by atoms with Crippen LogP contribution in [-0.4, -0.2) is 47.2 Å². The van der Waals surface area contributed by atoms with E-state index in [9.17, 15) is 4.79 Å². The maximum atomic E-state index is 10.4. The van der Waals surface area contributed by atoms with Crippen LogP contribution < -0.4 is 0 Å². The SMILES string of the molecule is CCOC(=O)/C(O)=C\C#N.[Na]. The molecule has 0 aliphatic heterocycles. The van der Waals surface area contributed by atoms with Gasteiger partial charge in [-0.05, 0) is 6.92 Å². The molecule has 0 saturated carbocycles. The third kappa shape index (κ3) is 5.92. The summed E-state index contributed by atoms with van der Waals surface area (Å²) in [6.07, 6.45) is 0.720. The van der Waals surface area contributed by atoms with Gasteiger partial charge < -0.3 is 9.84 Å². The molecule has 0 atom stereocenters. The molecular formula is C6H7NNaO3. The Morgan fingerprint density at radius 3 is 2.73 bits per heavy atom. The summed E-state index contributed by atoms with van der Waals surface area (Å²) >= 11 is 0. The van der Waals surface area contributed by atoms with Gasteiger partial charge in [0, 0.05) is 29.6 Å². The van der Waals surface area contributed by atoms with Gasteiger partial charge >= 0.3 is 5.97 Å². The maximum absolute atomic E-state index is 10.4. The van der Waals surface area contributed by atoms with Crippen molar-refractivity contribution < 1.29 is 14.6 Å². The summed E-state index contributed by atoms with van der Waals surface area (Å²) in [4.78, 5) is 10.4. The summed E-state index contributed by atoms with van der Waals surface area (Å²) in [5.74, 6) is -1.53. The summed E-state index contributed by atoms with van der Waals surface area (Å²) in [5, 5.41) is 16.6. The Morgan fingerprint density at radius 2 is 2.36 bits per heavy atom. The second-order valence-electron chi connectivity index (χ2n) is 1.38. The number of hydrogen-bond donors (Lipinski definition) is 1. The van der Waals surface area contributed by atoms with Gasteiger partial charge in [-0.15, -0.1) is 0 Å². The molecule has 11 heavy (non-hydrogen) atoms. The van der Waals surface area contributed by atoms with E-state index < -0.39 is 11.7 Å². The predicted molar refractivity (Wildman–Crippen MR) is 38.7 cm³/mol. The minimum Gasteiger partial charge on any atom is -0.501 e. The average molecular weight is 164 g/mol. The zero-order chi connectivity index (χ0) is 7.98. The molecule has 0 aromatic rings. The van der Waals surface area contributed by atoms with Crippen molar-refractivity contribution in [3.8, 4) is 6.07 Å². The molecule has 0 aliphatic carbocycles. The van der Waals surface area contributed by atoms with Gasteiger partial charge in [0.2, 0.25) is 5.76 Å². The van der Waals surface area contributed by atoms with Crippen LogP contribution in [0.3, 0.4) is 0 Å². The fourth-order valence-electron chi connectivity index (χ4n) is 0.325. The smallest absolute Gasteiger partial charge is 0.374 e. The molecule has 0 spiro atoms. The van der Waals surface area contributed by atoms with Crippen LogP contribution in [0.4, 0.5) is 0 Å². The molecule has 0 fully saturated rings. The van der Waals surface area contributed by atoms with Crippen LogP contribution in [0.5, 0.6) is 0 Å². The van der Waals surface area contributed by atoms with Gasteiger partial charge in [-0.25, -0.2) is 4.79 Å². The van der Waals surface area contributed by atoms with Crippen LogP contribution in [-0.2, 0) is 9.53 Å². The molecule has 0 rings (SSSR count). The van der Waals surface area contributed by atoms with Crippen LogP contribution >= 0.6 is 0 Å². The fourth-order valence-corrected chi connectivity index (χ4v) is 0.325. The first-order chi connectivity index (χ1) is 4.72. The molecule has 1 N–H and O–H groups in total. The number of nitrogens with zero attached hydrogens (tertiary/aromatic N) is 1. The van der Waals surface area contributed by atoms with E-state index in [4.69, 9.17) is 10.4 Å². The average Bonchev–Trinajstić information content (AvgIpc) is 1.89. The monoisotopic (exact) mass is 164 g/mol. The Balaban J connectivity index is 0. The molecule has 0 aromatic carbocycles. The maximum Gasteiger partial charge on any atom is 0.374 e. The summed E-state index contributed by atoms with van der Waals surface area (Å²) in [5.41, 5.74) is 0. The van der Waals surface area contributed by atoms with E-state index in [1.807, 2.05) is 0 Å². The number of aliphatic hydroxyl groups is 1. The molecule has 0 aliphatic rings. The van der Waals surface area contributed by atoms with Gasteiger partial charge in [0.05, 0.1) is 18.8 Å². The molecule has 0 saturated heterocycles. The van der Waals surface area contributed by atoms with Crippen molar-refractivity contribution >= 4 is 35.5 Å². The number of hydrogen-bond acceptors (Lipinski definition) is 4. The van der Waals surface area contributed by atoms with E-state index >= 15 is 0 Å². The number of nitriles is 1. The standard InChI is InChI=1S/C6H7NO3.Na/c1-2-10-6(9)5(8)3-4-7;/h3,8H,2H2,1H3;/b5-3+;. The van der Waals surface area contributed by atoms with Gasteiger partial charge in [-0.3, -0.25) is 0 Å². The van der Waals surface area contributed by atoms with Crippen LogP contribution in [0.1, 0.15) is 6.92 Å². The third-order valence-electron chi connectivity index (χ3n) is 0.686. The molecule has 4 nitrogen and oxygen atoms in total. The first-order valence-electron chi connectivity index (χ1n) is 2.68. The van der Waals surface area contributed by atoms with E-state index in [2.05, 4.69) is 4.74 Å². The normalized spacial score (nSPS) is 9.27. The number of esters is 1. The molecular weight excluding hydrogens is 157 g/mol. The number of allylic oxidation sites excluding steroid dienone is 1. The topological polar surface area (TPSA) is 70.3 Å². The van der Waals surface area contributed by atoms with Crippen molar-refractivity contribution in [1.29, 1.82) is 5.26 Å². The van der Waals surface area contributed by atoms with Crippen LogP contribution in [0.15, 0.2) is 11.8 Å². The van der Waals surface area contributed by atoms with Crippen molar-refractivity contribution in [3.05, 3.63) is 11.8 Å². The van der Waals surface area contributed by atoms with E-state index in [1.165, 1.54) is 6.07 Å². The Hall–Kier alpha value is -0.500. The van der Waals surface area contributed by atoms with Crippen LogP contribution in [0.25, 0.3) is 0 Å². The first-order valence-corrected chi connectivity index (χ1v) is 2.68. The van der Waals surface area contributed by atoms with Gasteiger partial charge in [-0.2, -0.15) is 5.26 Å². The van der Waals surface area contributed by atoms with E-state index in [0.717, 1.165) is 6.08 Å². The minimum atomic E-state index is -0.871.